The van der Waals surface area contributed by atoms with E-state index in [1.54, 1.807) is 7.11 Å². The maximum atomic E-state index is 5.16. The highest BCUT2D eigenvalue weighted by Gasteiger charge is 1.99. The summed E-state index contributed by atoms with van der Waals surface area (Å²) in [5.41, 5.74) is 2.39. The Bertz CT molecular complexity index is 274. The highest BCUT2D eigenvalue weighted by molar-refractivity contribution is 5.85. The van der Waals surface area contributed by atoms with Gasteiger partial charge < -0.3 is 9.64 Å². The fourth-order valence-corrected chi connectivity index (χ4v) is 1.10. The summed E-state index contributed by atoms with van der Waals surface area (Å²) in [6, 6.07) is 6.17. The van der Waals surface area contributed by atoms with Gasteiger partial charge in [0.05, 0.1) is 7.11 Å². The van der Waals surface area contributed by atoms with Crippen LogP contribution in [-0.2, 0) is 0 Å². The largest absolute Gasteiger partial charge is 0.497 e. The molecule has 0 aliphatic rings. The van der Waals surface area contributed by atoms with Crippen LogP contribution in [0.5, 0.6) is 5.75 Å². The highest BCUT2D eigenvalue weighted by atomic mass is 35.5. The molecule has 0 aromatic heterocycles. The summed E-state index contributed by atoms with van der Waals surface area (Å²) in [4.78, 5) is 2.06. The molecule has 0 saturated carbocycles. The number of benzene rings is 1. The van der Waals surface area contributed by atoms with Crippen molar-refractivity contribution >= 4 is 18.1 Å². The van der Waals surface area contributed by atoms with E-state index in [1.165, 1.54) is 11.3 Å². The number of nitrogens with zero attached hydrogens (tertiary/aromatic N) is 1. The first-order valence-corrected chi connectivity index (χ1v) is 3.96. The quantitative estimate of drug-likeness (QED) is 0.729. The number of aryl methyl sites for hydroxylation is 1. The third-order valence-electron chi connectivity index (χ3n) is 1.79. The van der Waals surface area contributed by atoms with E-state index in [0.717, 1.165) is 5.75 Å². The van der Waals surface area contributed by atoms with Crippen LogP contribution in [-0.4, -0.2) is 21.2 Å². The van der Waals surface area contributed by atoms with Gasteiger partial charge in [-0.2, -0.15) is 0 Å². The van der Waals surface area contributed by atoms with Crippen molar-refractivity contribution in [3.05, 3.63) is 23.8 Å². The van der Waals surface area contributed by atoms with Crippen LogP contribution in [0.4, 0.5) is 5.69 Å². The smallest absolute Gasteiger partial charge is 0.121 e. The third kappa shape index (κ3) is 3.15. The Morgan fingerprint density at radius 1 is 1.15 bits per heavy atom. The summed E-state index contributed by atoms with van der Waals surface area (Å²) < 4.78 is 5.16. The van der Waals surface area contributed by atoms with Gasteiger partial charge in [0, 0.05) is 25.8 Å². The zero-order valence-electron chi connectivity index (χ0n) is 8.50. The van der Waals surface area contributed by atoms with Crippen molar-refractivity contribution in [2.75, 3.05) is 26.1 Å². The Morgan fingerprint density at radius 2 is 1.77 bits per heavy atom. The maximum Gasteiger partial charge on any atom is 0.121 e. The van der Waals surface area contributed by atoms with Crippen molar-refractivity contribution in [3.63, 3.8) is 0 Å². The van der Waals surface area contributed by atoms with E-state index in [0.29, 0.717) is 0 Å². The molecular weight excluding hydrogens is 186 g/mol. The number of hydrogen-bond acceptors (Lipinski definition) is 2. The monoisotopic (exact) mass is 201 g/mol. The van der Waals surface area contributed by atoms with E-state index >= 15 is 0 Å². The molecule has 0 unspecified atom stereocenters. The van der Waals surface area contributed by atoms with Gasteiger partial charge in [0.25, 0.3) is 0 Å². The molecular formula is C10H16ClNO. The van der Waals surface area contributed by atoms with Crippen molar-refractivity contribution in [1.82, 2.24) is 0 Å². The molecule has 74 valence electrons. The molecule has 0 fully saturated rings. The first kappa shape index (κ1) is 12.1. The summed E-state index contributed by atoms with van der Waals surface area (Å²) in [5.74, 6) is 0.915. The fraction of sp³-hybridized carbons (Fsp3) is 0.400. The maximum absolute atomic E-state index is 5.16. The van der Waals surface area contributed by atoms with Gasteiger partial charge in [0.15, 0.2) is 0 Å². The van der Waals surface area contributed by atoms with Gasteiger partial charge in [-0.05, 0) is 24.6 Å². The van der Waals surface area contributed by atoms with Gasteiger partial charge in [-0.3, -0.25) is 0 Å². The van der Waals surface area contributed by atoms with Crippen LogP contribution in [0.15, 0.2) is 18.2 Å². The molecule has 3 heteroatoms. The lowest BCUT2D eigenvalue weighted by atomic mass is 10.2. The molecule has 1 aromatic carbocycles. The molecule has 0 aliphatic carbocycles. The van der Waals surface area contributed by atoms with Crippen LogP contribution in [0.1, 0.15) is 5.56 Å². The Hall–Kier alpha value is -0.890. The zero-order chi connectivity index (χ0) is 9.14. The SMILES string of the molecule is COc1cc(C)cc(N(C)C)c1.Cl. The van der Waals surface area contributed by atoms with Crippen molar-refractivity contribution in [1.29, 1.82) is 0 Å². The molecule has 0 saturated heterocycles. The molecule has 13 heavy (non-hydrogen) atoms. The van der Waals surface area contributed by atoms with Crippen LogP contribution in [0.2, 0.25) is 0 Å². The van der Waals surface area contributed by atoms with Crippen LogP contribution in [0, 0.1) is 6.92 Å². The molecule has 0 radical (unpaired) electrons. The topological polar surface area (TPSA) is 12.5 Å². The molecule has 0 spiro atoms. The van der Waals surface area contributed by atoms with Crippen molar-refractivity contribution < 1.29 is 4.74 Å². The van der Waals surface area contributed by atoms with Crippen molar-refractivity contribution in [2.24, 2.45) is 0 Å². The van der Waals surface area contributed by atoms with E-state index in [9.17, 15) is 0 Å². The van der Waals surface area contributed by atoms with E-state index in [-0.39, 0.29) is 12.4 Å². The lowest BCUT2D eigenvalue weighted by Crippen LogP contribution is -2.08. The van der Waals surface area contributed by atoms with Gasteiger partial charge in [-0.1, -0.05) is 0 Å². The predicted molar refractivity (Wildman–Crippen MR) is 59.3 cm³/mol. The van der Waals surface area contributed by atoms with Gasteiger partial charge in [-0.15, -0.1) is 12.4 Å². The van der Waals surface area contributed by atoms with Crippen LogP contribution < -0.4 is 9.64 Å². The number of hydrogen-bond donors (Lipinski definition) is 0. The molecule has 0 heterocycles. The standard InChI is InChI=1S/C10H15NO.ClH/c1-8-5-9(11(2)3)7-10(6-8)12-4;/h5-7H,1-4H3;1H. The van der Waals surface area contributed by atoms with Gasteiger partial charge in [-0.25, -0.2) is 0 Å². The van der Waals surface area contributed by atoms with Gasteiger partial charge in [0.2, 0.25) is 0 Å². The van der Waals surface area contributed by atoms with Crippen LogP contribution in [0.3, 0.4) is 0 Å². The Morgan fingerprint density at radius 3 is 2.23 bits per heavy atom. The minimum Gasteiger partial charge on any atom is -0.497 e. The minimum absolute atomic E-state index is 0. The second-order valence-electron chi connectivity index (χ2n) is 3.10. The fourth-order valence-electron chi connectivity index (χ4n) is 1.10. The van der Waals surface area contributed by atoms with Gasteiger partial charge >= 0.3 is 0 Å². The summed E-state index contributed by atoms with van der Waals surface area (Å²) >= 11 is 0. The van der Waals surface area contributed by atoms with Gasteiger partial charge in [0.1, 0.15) is 5.75 Å². The average Bonchev–Trinajstić information content (AvgIpc) is 2.03. The van der Waals surface area contributed by atoms with E-state index < -0.39 is 0 Å². The lowest BCUT2D eigenvalue weighted by molar-refractivity contribution is 0.414. The molecule has 0 atom stereocenters. The van der Waals surface area contributed by atoms with E-state index in [2.05, 4.69) is 17.9 Å². The summed E-state index contributed by atoms with van der Waals surface area (Å²) in [7, 11) is 5.73. The Kier molecular flexibility index (Phi) is 4.63. The summed E-state index contributed by atoms with van der Waals surface area (Å²) in [5, 5.41) is 0. The number of methoxy groups -OCH3 is 1. The van der Waals surface area contributed by atoms with Crippen LogP contribution >= 0.6 is 12.4 Å². The lowest BCUT2D eigenvalue weighted by Gasteiger charge is -2.14. The molecule has 2 nitrogen and oxygen atoms in total. The Balaban J connectivity index is 0.00000144. The van der Waals surface area contributed by atoms with Crippen LogP contribution in [0.25, 0.3) is 0 Å². The molecule has 0 amide bonds. The number of ether oxygens (including phenoxy) is 1. The number of rotatable bonds is 2. The second kappa shape index (κ2) is 4.97. The molecule has 0 N–H and O–H groups in total. The third-order valence-corrected chi connectivity index (χ3v) is 1.79. The summed E-state index contributed by atoms with van der Waals surface area (Å²) in [6.45, 7) is 2.06. The minimum atomic E-state index is 0. The van der Waals surface area contributed by atoms with Crippen molar-refractivity contribution in [3.8, 4) is 5.75 Å². The first-order valence-electron chi connectivity index (χ1n) is 3.96. The first-order chi connectivity index (χ1) is 5.63. The van der Waals surface area contributed by atoms with E-state index in [4.69, 9.17) is 4.74 Å². The molecule has 0 bridgehead atoms. The molecule has 1 rings (SSSR count). The number of halogens is 1. The number of anilines is 1. The average molecular weight is 202 g/mol. The van der Waals surface area contributed by atoms with Crippen molar-refractivity contribution in [2.45, 2.75) is 6.92 Å². The highest BCUT2D eigenvalue weighted by Crippen LogP contribution is 2.21. The molecule has 1 aromatic rings. The molecule has 0 aliphatic heterocycles. The van der Waals surface area contributed by atoms with E-state index in [1.807, 2.05) is 26.2 Å². The normalized spacial score (nSPS) is 8.92. The summed E-state index contributed by atoms with van der Waals surface area (Å²) in [6.07, 6.45) is 0. The second-order valence-corrected chi connectivity index (χ2v) is 3.10. The predicted octanol–water partition coefficient (Wildman–Crippen LogP) is 2.49. The zero-order valence-corrected chi connectivity index (χ0v) is 9.31. The Labute approximate surface area is 85.9 Å².